The number of morpholine rings is 1. The highest BCUT2D eigenvalue weighted by Gasteiger charge is 2.34. The third-order valence-corrected chi connectivity index (χ3v) is 6.67. The maximum absolute atomic E-state index is 13.3. The second-order valence-corrected chi connectivity index (χ2v) is 9.77. The molecule has 1 aliphatic rings. The molecular weight excluding hydrogens is 495 g/mol. The van der Waals surface area contributed by atoms with Crippen LogP contribution in [-0.4, -0.2) is 57.5 Å². The number of carbonyl (C=O) groups is 2. The Morgan fingerprint density at radius 3 is 2.44 bits per heavy atom. The van der Waals surface area contributed by atoms with E-state index >= 15 is 0 Å². The van der Waals surface area contributed by atoms with Crippen molar-refractivity contribution in [2.75, 3.05) is 19.8 Å². The van der Waals surface area contributed by atoms with Crippen LogP contribution in [0.3, 0.4) is 0 Å². The fourth-order valence-corrected chi connectivity index (χ4v) is 4.51. The van der Waals surface area contributed by atoms with Crippen molar-refractivity contribution >= 4 is 23.2 Å². The Morgan fingerprint density at radius 1 is 1.14 bits per heavy atom. The summed E-state index contributed by atoms with van der Waals surface area (Å²) in [5, 5.41) is 3.41. The minimum absolute atomic E-state index is 0.117. The van der Waals surface area contributed by atoms with Gasteiger partial charge in [-0.3, -0.25) is 9.59 Å². The number of benzene rings is 1. The number of amides is 2. The summed E-state index contributed by atoms with van der Waals surface area (Å²) in [6.45, 7) is 6.71. The minimum atomic E-state index is -4.65. The molecule has 1 saturated heterocycles. The lowest BCUT2D eigenvalue weighted by molar-refractivity contribution is -0.145. The van der Waals surface area contributed by atoms with Gasteiger partial charge in [0.05, 0.1) is 25.3 Å². The van der Waals surface area contributed by atoms with Gasteiger partial charge in [0.15, 0.2) is 0 Å². The highest BCUT2D eigenvalue weighted by molar-refractivity contribution is 7.14. The van der Waals surface area contributed by atoms with Crippen LogP contribution in [0, 0.1) is 6.92 Å². The van der Waals surface area contributed by atoms with E-state index < -0.39 is 23.9 Å². The monoisotopic (exact) mass is 519 g/mol. The van der Waals surface area contributed by atoms with Crippen molar-refractivity contribution < 1.29 is 27.5 Å². The highest BCUT2D eigenvalue weighted by atomic mass is 32.1. The minimum Gasteiger partial charge on any atom is -0.377 e. The van der Waals surface area contributed by atoms with Crippen LogP contribution >= 0.6 is 11.3 Å². The number of rotatable bonds is 5. The van der Waals surface area contributed by atoms with E-state index in [-0.39, 0.29) is 17.5 Å². The van der Waals surface area contributed by atoms with Crippen LogP contribution in [0.2, 0.25) is 0 Å². The summed E-state index contributed by atoms with van der Waals surface area (Å²) in [5.74, 6) is -1.97. The summed E-state index contributed by atoms with van der Waals surface area (Å²) in [6, 6.07) is 4.08. The smallest absolute Gasteiger partial charge is 0.377 e. The molecule has 2 amide bonds. The number of carbonyl (C=O) groups excluding carboxylic acids is 2. The lowest BCUT2D eigenvalue weighted by atomic mass is 10.0. The molecule has 1 unspecified atom stereocenters. The van der Waals surface area contributed by atoms with E-state index in [1.54, 1.807) is 30.2 Å². The van der Waals surface area contributed by atoms with Gasteiger partial charge in [-0.05, 0) is 39.0 Å². The van der Waals surface area contributed by atoms with Crippen LogP contribution in [0.1, 0.15) is 56.9 Å². The normalized spacial score (nSPS) is 17.1. The zero-order valence-corrected chi connectivity index (χ0v) is 20.6. The van der Waals surface area contributed by atoms with Gasteiger partial charge >= 0.3 is 6.18 Å². The van der Waals surface area contributed by atoms with Gasteiger partial charge in [-0.2, -0.15) is 13.2 Å². The highest BCUT2D eigenvalue weighted by Crippen LogP contribution is 2.29. The van der Waals surface area contributed by atoms with Gasteiger partial charge in [-0.25, -0.2) is 15.0 Å². The number of alkyl halides is 3. The number of halogens is 3. The Balaban J connectivity index is 1.62. The Bertz CT molecular complexity index is 1260. The van der Waals surface area contributed by atoms with Crippen LogP contribution in [0.4, 0.5) is 13.2 Å². The lowest BCUT2D eigenvalue weighted by Gasteiger charge is -2.33. The van der Waals surface area contributed by atoms with E-state index in [4.69, 9.17) is 4.74 Å². The van der Waals surface area contributed by atoms with Crippen LogP contribution < -0.4 is 5.32 Å². The zero-order chi connectivity index (χ0) is 26.0. The number of nitrogens with one attached hydrogen (secondary N) is 1. The molecule has 1 aliphatic heterocycles. The van der Waals surface area contributed by atoms with Gasteiger partial charge in [-0.1, -0.05) is 0 Å². The average Bonchev–Trinajstić information content (AvgIpc) is 3.29. The number of thiazole rings is 1. The molecule has 2 aromatic heterocycles. The van der Waals surface area contributed by atoms with Gasteiger partial charge in [-0.15, -0.1) is 11.3 Å². The molecular formula is C24H24F3N5O3S. The Labute approximate surface area is 209 Å². The summed E-state index contributed by atoms with van der Waals surface area (Å²) < 4.78 is 43.7. The fourth-order valence-electron chi connectivity index (χ4n) is 3.76. The molecule has 4 rings (SSSR count). The molecule has 12 heteroatoms. The van der Waals surface area contributed by atoms with Crippen molar-refractivity contribution in [2.24, 2.45) is 0 Å². The molecule has 190 valence electrons. The molecule has 0 radical (unpaired) electrons. The van der Waals surface area contributed by atoms with Crippen molar-refractivity contribution in [3.05, 3.63) is 64.2 Å². The number of hydrogen-bond acceptors (Lipinski definition) is 7. The maximum atomic E-state index is 13.3. The number of nitrogens with zero attached hydrogens (tertiary/aromatic N) is 4. The predicted octanol–water partition coefficient (Wildman–Crippen LogP) is 4.28. The van der Waals surface area contributed by atoms with Gasteiger partial charge in [0.2, 0.25) is 5.82 Å². The molecule has 3 heterocycles. The quantitative estimate of drug-likeness (QED) is 0.541. The summed E-state index contributed by atoms with van der Waals surface area (Å²) in [4.78, 5) is 40.3. The SMILES string of the molecule is Cc1cnc(-c2cc(C(=O)N[C@H](C)c3cnc(C(F)(F)F)nc3)cc(C(=O)N3CCOCC3C)c2)s1. The second-order valence-electron chi connectivity index (χ2n) is 8.53. The van der Waals surface area contributed by atoms with Crippen LogP contribution in [-0.2, 0) is 10.9 Å². The van der Waals surface area contributed by atoms with Crippen molar-refractivity contribution in [3.8, 4) is 10.6 Å². The van der Waals surface area contributed by atoms with Crippen molar-refractivity contribution in [1.29, 1.82) is 0 Å². The number of hydrogen-bond donors (Lipinski definition) is 1. The van der Waals surface area contributed by atoms with Crippen LogP contribution in [0.15, 0.2) is 36.8 Å². The van der Waals surface area contributed by atoms with Crippen molar-refractivity contribution in [3.63, 3.8) is 0 Å². The molecule has 2 atom stereocenters. The van der Waals surface area contributed by atoms with Gasteiger partial charge in [0.1, 0.15) is 5.01 Å². The van der Waals surface area contributed by atoms with Gasteiger partial charge in [0, 0.05) is 52.3 Å². The van der Waals surface area contributed by atoms with Crippen molar-refractivity contribution in [2.45, 2.75) is 39.0 Å². The van der Waals surface area contributed by atoms with Gasteiger partial charge in [0.25, 0.3) is 11.8 Å². The molecule has 3 aromatic rings. The molecule has 1 fully saturated rings. The standard InChI is InChI=1S/C24H24F3N5O3S/c1-13-12-35-5-4-32(13)22(34)18-7-16(6-17(8-18)21-28-9-14(2)36-21)20(33)31-15(3)19-10-29-23(30-11-19)24(25,26)27/h6-11,13,15H,4-5,12H2,1-3H3,(H,31,33)/t13?,15-/m1/s1. The summed E-state index contributed by atoms with van der Waals surface area (Å²) >= 11 is 1.44. The number of ether oxygens (including phenoxy) is 1. The summed E-state index contributed by atoms with van der Waals surface area (Å²) in [7, 11) is 0. The number of aryl methyl sites for hydroxylation is 1. The molecule has 36 heavy (non-hydrogen) atoms. The van der Waals surface area contributed by atoms with E-state index in [1.807, 2.05) is 13.8 Å². The largest absolute Gasteiger partial charge is 0.451 e. The number of aromatic nitrogens is 3. The first kappa shape index (κ1) is 25.7. The molecule has 1 N–H and O–H groups in total. The third kappa shape index (κ3) is 5.71. The summed E-state index contributed by atoms with van der Waals surface area (Å²) in [6.07, 6.45) is -0.875. The Kier molecular flexibility index (Phi) is 7.36. The average molecular weight is 520 g/mol. The van der Waals surface area contributed by atoms with E-state index in [1.165, 1.54) is 17.4 Å². The zero-order valence-electron chi connectivity index (χ0n) is 19.8. The van der Waals surface area contributed by atoms with E-state index in [2.05, 4.69) is 20.3 Å². The first-order chi connectivity index (χ1) is 17.0. The van der Waals surface area contributed by atoms with E-state index in [0.717, 1.165) is 17.3 Å². The van der Waals surface area contributed by atoms with Crippen LogP contribution in [0.25, 0.3) is 10.6 Å². The first-order valence-corrected chi connectivity index (χ1v) is 12.0. The lowest BCUT2D eigenvalue weighted by Crippen LogP contribution is -2.47. The predicted molar refractivity (Wildman–Crippen MR) is 127 cm³/mol. The Morgan fingerprint density at radius 2 is 1.83 bits per heavy atom. The Hall–Kier alpha value is -3.38. The van der Waals surface area contributed by atoms with E-state index in [0.29, 0.717) is 41.5 Å². The first-order valence-electron chi connectivity index (χ1n) is 11.2. The third-order valence-electron chi connectivity index (χ3n) is 5.71. The van der Waals surface area contributed by atoms with Crippen molar-refractivity contribution in [1.82, 2.24) is 25.2 Å². The molecule has 0 spiro atoms. The second kappa shape index (κ2) is 10.3. The molecule has 0 bridgehead atoms. The molecule has 8 nitrogen and oxygen atoms in total. The van der Waals surface area contributed by atoms with E-state index in [9.17, 15) is 22.8 Å². The molecule has 1 aromatic carbocycles. The molecule has 0 aliphatic carbocycles. The fraction of sp³-hybridized carbons (Fsp3) is 0.375. The van der Waals surface area contributed by atoms with Crippen LogP contribution in [0.5, 0.6) is 0 Å². The van der Waals surface area contributed by atoms with Gasteiger partial charge < -0.3 is 15.0 Å². The molecule has 0 saturated carbocycles. The summed E-state index contributed by atoms with van der Waals surface area (Å²) in [5.41, 5.74) is 1.49. The maximum Gasteiger partial charge on any atom is 0.451 e. The topological polar surface area (TPSA) is 97.3 Å².